The quantitative estimate of drug-likeness (QED) is 0.162. The van der Waals surface area contributed by atoms with Crippen molar-refractivity contribution in [3.05, 3.63) is 169 Å². The molecule has 1 aromatic carbocycles. The molecule has 0 spiro atoms. The van der Waals surface area contributed by atoms with Crippen molar-refractivity contribution in [1.29, 1.82) is 0 Å². The average Bonchev–Trinajstić information content (AvgIpc) is 3.15. The predicted octanol–water partition coefficient (Wildman–Crippen LogP) is 11.2. The Bertz CT molecular complexity index is 1000. The summed E-state index contributed by atoms with van der Waals surface area (Å²) >= 11 is 0. The Kier molecular flexibility index (Phi) is 93.5. The summed E-state index contributed by atoms with van der Waals surface area (Å²) in [5.74, 6) is 1.76. The summed E-state index contributed by atoms with van der Waals surface area (Å²) < 4.78 is 0. The topological polar surface area (TPSA) is 90.2 Å². The van der Waals surface area contributed by atoms with Crippen LogP contribution in [0.15, 0.2) is 110 Å². The minimum Gasteiger partial charge on any atom is -0.358 e. The summed E-state index contributed by atoms with van der Waals surface area (Å²) in [5.41, 5.74) is 4.06. The Hall–Kier alpha value is 0.0256. The van der Waals surface area contributed by atoms with Crippen molar-refractivity contribution >= 4 is 0 Å². The first kappa shape index (κ1) is 77.5. The van der Waals surface area contributed by atoms with E-state index in [1.807, 2.05) is 76.6 Å². The number of benzene rings is 1. The fourth-order valence-corrected chi connectivity index (χ4v) is 2.90. The van der Waals surface area contributed by atoms with Gasteiger partial charge in [-0.1, -0.05) is 105 Å². The van der Waals surface area contributed by atoms with Crippen molar-refractivity contribution in [2.75, 3.05) is 0 Å². The molecular formula is C42H69N7Y4-4. The van der Waals surface area contributed by atoms with Crippen LogP contribution in [0.25, 0.3) is 0 Å². The summed E-state index contributed by atoms with van der Waals surface area (Å²) in [6.45, 7) is 18.7. The van der Waals surface area contributed by atoms with Crippen molar-refractivity contribution in [2.45, 2.75) is 101 Å². The van der Waals surface area contributed by atoms with Crippen molar-refractivity contribution in [3.8, 4) is 0 Å². The van der Waals surface area contributed by atoms with Gasteiger partial charge >= 0.3 is 0 Å². The third-order valence-electron chi connectivity index (χ3n) is 5.34. The number of rotatable bonds is 5. The van der Waals surface area contributed by atoms with Crippen LogP contribution in [-0.2, 0) is 163 Å². The first-order valence-electron chi connectivity index (χ1n) is 16.3. The minimum absolute atomic E-state index is 0. The Morgan fingerprint density at radius 3 is 1.06 bits per heavy atom. The molecule has 5 rings (SSSR count). The molecule has 4 radical (unpaired) electrons. The van der Waals surface area contributed by atoms with Crippen LogP contribution in [-0.4, -0.2) is 34.9 Å². The van der Waals surface area contributed by atoms with Gasteiger partial charge in [0.15, 0.2) is 0 Å². The molecule has 4 aromatic heterocycles. The van der Waals surface area contributed by atoms with Gasteiger partial charge in [-0.25, -0.2) is 24.9 Å². The molecule has 288 valence electrons. The number of hydrogen-bond donors (Lipinski definition) is 0. The zero-order valence-corrected chi connectivity index (χ0v) is 46.9. The summed E-state index contributed by atoms with van der Waals surface area (Å²) in [6, 6.07) is 20.4. The third kappa shape index (κ3) is 52.0. The summed E-state index contributed by atoms with van der Waals surface area (Å²) in [6.07, 6.45) is 20.2. The molecule has 0 fully saturated rings. The monoisotopic (exact) mass is 1030 g/mol. The maximum atomic E-state index is 3.99. The molecule has 0 unspecified atom stereocenters. The molecule has 7 nitrogen and oxygen atoms in total. The van der Waals surface area contributed by atoms with Crippen LogP contribution in [0.3, 0.4) is 0 Å². The molecule has 0 atom stereocenters. The number of aryl methyl sites for hydroxylation is 5. The molecule has 11 heteroatoms. The van der Waals surface area contributed by atoms with Crippen molar-refractivity contribution in [1.82, 2.24) is 34.9 Å². The number of nitrogens with zero attached hydrogens (tertiary/aromatic N) is 7. The molecule has 0 bridgehead atoms. The SMILES string of the molecule is CC.CCC.CCc1ccccc1.CCc1cccnc1.CCc1ccncc1.CCc1ncccn1.CCc1ncncn1.[CH3-].[CH3-].[CH3-].[CH3-].[Y].[Y].[Y].[Y]. The van der Waals surface area contributed by atoms with E-state index in [2.05, 4.69) is 99.8 Å². The van der Waals surface area contributed by atoms with Gasteiger partial charge in [-0.3, -0.25) is 9.97 Å². The average molecular weight is 1030 g/mol. The van der Waals surface area contributed by atoms with E-state index in [1.54, 1.807) is 18.6 Å². The van der Waals surface area contributed by atoms with Gasteiger partial charge in [0.2, 0.25) is 0 Å². The molecule has 53 heavy (non-hydrogen) atoms. The summed E-state index contributed by atoms with van der Waals surface area (Å²) in [5, 5.41) is 0. The number of pyridine rings is 2. The van der Waals surface area contributed by atoms with Gasteiger partial charge in [0.1, 0.15) is 24.3 Å². The van der Waals surface area contributed by atoms with E-state index in [4.69, 9.17) is 0 Å². The Balaban J connectivity index is -0.0000000510. The van der Waals surface area contributed by atoms with Gasteiger partial charge in [0.05, 0.1) is 0 Å². The number of hydrogen-bond acceptors (Lipinski definition) is 7. The second kappa shape index (κ2) is 63.9. The molecule has 0 N–H and O–H groups in total. The Labute approximate surface area is 429 Å². The standard InChI is InChI=1S/C8H10.2C7H9N.C6H8N2.C5H7N3.C3H8.C2H6.4CH3.4Y/c1-2-8-6-4-3-5-7-8;1-2-7-3-5-8-6-4-7;1-2-7-4-3-5-8-6-7;1-2-6-7-4-3-5-8-6;1-2-5-7-3-6-4-8-5;1-3-2;1-2;;;;;;;;/h3-7H,2H2,1H3;2*3-6H,2H2,1H3;3-5H,2H2,1H3;3-4H,2H2,1H3;3H2,1-2H3;1-2H3;4*1H3;;;;/q;;;;;;;4*-1;;;;. The zero-order valence-electron chi connectivity index (χ0n) is 35.6. The van der Waals surface area contributed by atoms with Gasteiger partial charge in [-0.2, -0.15) is 0 Å². The van der Waals surface area contributed by atoms with Crippen LogP contribution in [0, 0.1) is 29.7 Å². The van der Waals surface area contributed by atoms with E-state index in [0.717, 1.165) is 43.8 Å². The van der Waals surface area contributed by atoms with Crippen molar-refractivity contribution in [3.63, 3.8) is 0 Å². The maximum absolute atomic E-state index is 3.99. The summed E-state index contributed by atoms with van der Waals surface area (Å²) in [7, 11) is 0. The van der Waals surface area contributed by atoms with Crippen LogP contribution in [0.5, 0.6) is 0 Å². The first-order valence-corrected chi connectivity index (χ1v) is 16.3. The van der Waals surface area contributed by atoms with E-state index in [9.17, 15) is 0 Å². The second-order valence-electron chi connectivity index (χ2n) is 8.90. The molecule has 0 amide bonds. The Morgan fingerprint density at radius 1 is 0.377 bits per heavy atom. The smallest absolute Gasteiger partial charge is 0.131 e. The van der Waals surface area contributed by atoms with E-state index >= 15 is 0 Å². The molecule has 0 aliphatic rings. The third-order valence-corrected chi connectivity index (χ3v) is 5.34. The van der Waals surface area contributed by atoms with Crippen LogP contribution >= 0.6 is 0 Å². The fraction of sp³-hybridized carbons (Fsp3) is 0.357. The fourth-order valence-electron chi connectivity index (χ4n) is 2.90. The van der Waals surface area contributed by atoms with Gasteiger partial charge in [-0.05, 0) is 60.2 Å². The normalized spacial score (nSPS) is 7.34. The van der Waals surface area contributed by atoms with Crippen LogP contribution in [0.1, 0.15) is 97.1 Å². The van der Waals surface area contributed by atoms with E-state index < -0.39 is 0 Å². The summed E-state index contributed by atoms with van der Waals surface area (Å²) in [4.78, 5) is 27.2. The second-order valence-corrected chi connectivity index (χ2v) is 8.90. The number of aromatic nitrogens is 7. The van der Waals surface area contributed by atoms with Gasteiger partial charge < -0.3 is 29.7 Å². The molecule has 0 saturated carbocycles. The van der Waals surface area contributed by atoms with Crippen LogP contribution in [0.4, 0.5) is 0 Å². The Morgan fingerprint density at radius 2 is 0.774 bits per heavy atom. The van der Waals surface area contributed by atoms with Gasteiger partial charge in [-0.15, -0.1) is 0 Å². The van der Waals surface area contributed by atoms with E-state index in [1.165, 1.54) is 35.8 Å². The molecule has 0 aliphatic carbocycles. The molecular weight excluding hydrogens is 958 g/mol. The van der Waals surface area contributed by atoms with E-state index in [-0.39, 0.29) is 161 Å². The maximum Gasteiger partial charge on any atom is 0.131 e. The van der Waals surface area contributed by atoms with Gasteiger partial charge in [0.25, 0.3) is 0 Å². The zero-order chi connectivity index (χ0) is 33.8. The van der Waals surface area contributed by atoms with E-state index in [0.29, 0.717) is 0 Å². The molecule has 5 aromatic rings. The van der Waals surface area contributed by atoms with Gasteiger partial charge in [0, 0.05) is 181 Å². The largest absolute Gasteiger partial charge is 0.358 e. The van der Waals surface area contributed by atoms with Crippen molar-refractivity contribution < 1.29 is 131 Å². The molecule has 0 aliphatic heterocycles. The molecule has 4 heterocycles. The van der Waals surface area contributed by atoms with Crippen LogP contribution in [0.2, 0.25) is 0 Å². The predicted molar refractivity (Wildman–Crippen MR) is 217 cm³/mol. The molecule has 0 saturated heterocycles. The van der Waals surface area contributed by atoms with Crippen LogP contribution < -0.4 is 0 Å². The minimum atomic E-state index is 0. The first-order chi connectivity index (χ1) is 22.1. The van der Waals surface area contributed by atoms with Crippen molar-refractivity contribution in [2.24, 2.45) is 0 Å².